The molecule has 0 spiro atoms. The van der Waals surface area contributed by atoms with Crippen molar-refractivity contribution in [2.75, 3.05) is 38.7 Å². The summed E-state index contributed by atoms with van der Waals surface area (Å²) in [6, 6.07) is 6.72. The first-order valence-electron chi connectivity index (χ1n) is 6.97. The van der Waals surface area contributed by atoms with Crippen molar-refractivity contribution in [2.24, 2.45) is 0 Å². The summed E-state index contributed by atoms with van der Waals surface area (Å²) >= 11 is 1.58. The number of carbonyl (C=O) groups excluding carboxylic acids is 1. The Labute approximate surface area is 129 Å². The number of ether oxygens (including phenoxy) is 2. The number of thioether (sulfide) groups is 1. The Kier molecular flexibility index (Phi) is 9.86. The average Bonchev–Trinajstić information content (AvgIpc) is 2.48. The van der Waals surface area contributed by atoms with Crippen molar-refractivity contribution >= 4 is 17.7 Å². The predicted octanol–water partition coefficient (Wildman–Crippen LogP) is 2.23. The van der Waals surface area contributed by atoms with Gasteiger partial charge in [0.2, 0.25) is 5.91 Å². The van der Waals surface area contributed by atoms with E-state index in [9.17, 15) is 9.18 Å². The van der Waals surface area contributed by atoms with Gasteiger partial charge in [0.05, 0.1) is 13.2 Å². The number of carbonyl (C=O) groups is 1. The van der Waals surface area contributed by atoms with Crippen LogP contribution in [0.15, 0.2) is 24.3 Å². The maximum Gasteiger partial charge on any atom is 0.246 e. The molecule has 0 fully saturated rings. The van der Waals surface area contributed by atoms with Crippen LogP contribution in [-0.4, -0.2) is 44.6 Å². The molecule has 0 bridgehead atoms. The zero-order chi connectivity index (χ0) is 15.3. The Balaban J connectivity index is 1.99. The van der Waals surface area contributed by atoms with Gasteiger partial charge < -0.3 is 14.8 Å². The fourth-order valence-corrected chi connectivity index (χ4v) is 2.38. The van der Waals surface area contributed by atoms with E-state index in [-0.39, 0.29) is 18.3 Å². The molecule has 21 heavy (non-hydrogen) atoms. The van der Waals surface area contributed by atoms with Gasteiger partial charge in [-0.1, -0.05) is 18.2 Å². The van der Waals surface area contributed by atoms with Gasteiger partial charge in [0.25, 0.3) is 0 Å². The van der Waals surface area contributed by atoms with Crippen molar-refractivity contribution in [3.05, 3.63) is 35.6 Å². The zero-order valence-corrected chi connectivity index (χ0v) is 13.1. The SMILES string of the molecule is CCOCCOCC(=O)NCCSCc1ccccc1F. The number of hydrogen-bond acceptors (Lipinski definition) is 4. The molecule has 4 nitrogen and oxygen atoms in total. The number of amides is 1. The maximum absolute atomic E-state index is 13.3. The smallest absolute Gasteiger partial charge is 0.246 e. The van der Waals surface area contributed by atoms with E-state index in [1.807, 2.05) is 13.0 Å². The largest absolute Gasteiger partial charge is 0.379 e. The van der Waals surface area contributed by atoms with Gasteiger partial charge in [0, 0.05) is 24.7 Å². The van der Waals surface area contributed by atoms with Gasteiger partial charge in [-0.2, -0.15) is 11.8 Å². The van der Waals surface area contributed by atoms with Crippen LogP contribution in [0, 0.1) is 5.82 Å². The first kappa shape index (κ1) is 17.9. The molecule has 0 unspecified atom stereocenters. The van der Waals surface area contributed by atoms with E-state index in [0.29, 0.717) is 37.7 Å². The van der Waals surface area contributed by atoms with E-state index in [1.54, 1.807) is 23.9 Å². The minimum Gasteiger partial charge on any atom is -0.379 e. The molecule has 118 valence electrons. The molecule has 0 aliphatic rings. The highest BCUT2D eigenvalue weighted by Gasteiger charge is 2.02. The van der Waals surface area contributed by atoms with Gasteiger partial charge in [-0.3, -0.25) is 4.79 Å². The van der Waals surface area contributed by atoms with Gasteiger partial charge in [-0.15, -0.1) is 0 Å². The van der Waals surface area contributed by atoms with E-state index < -0.39 is 0 Å². The van der Waals surface area contributed by atoms with Crippen molar-refractivity contribution in [3.8, 4) is 0 Å². The van der Waals surface area contributed by atoms with Crippen LogP contribution in [0.2, 0.25) is 0 Å². The van der Waals surface area contributed by atoms with Crippen molar-refractivity contribution in [1.29, 1.82) is 0 Å². The van der Waals surface area contributed by atoms with Crippen LogP contribution >= 0.6 is 11.8 Å². The Bertz CT molecular complexity index is 418. The highest BCUT2D eigenvalue weighted by molar-refractivity contribution is 7.98. The average molecular weight is 315 g/mol. The molecule has 1 aromatic rings. The van der Waals surface area contributed by atoms with Crippen LogP contribution in [0.4, 0.5) is 4.39 Å². The molecule has 1 aromatic carbocycles. The Hall–Kier alpha value is -1.11. The molecular formula is C15H22FNO3S. The summed E-state index contributed by atoms with van der Waals surface area (Å²) in [4.78, 5) is 11.4. The van der Waals surface area contributed by atoms with Crippen LogP contribution in [-0.2, 0) is 20.0 Å². The Morgan fingerprint density at radius 3 is 2.81 bits per heavy atom. The Morgan fingerprint density at radius 1 is 1.29 bits per heavy atom. The summed E-state index contributed by atoms with van der Waals surface area (Å²) < 4.78 is 23.6. The van der Waals surface area contributed by atoms with Gasteiger partial charge in [0.15, 0.2) is 0 Å². The second-order valence-electron chi connectivity index (χ2n) is 4.24. The van der Waals surface area contributed by atoms with Crippen LogP contribution in [0.1, 0.15) is 12.5 Å². The summed E-state index contributed by atoms with van der Waals surface area (Å²) in [6.45, 7) is 4.07. The third kappa shape index (κ3) is 8.70. The highest BCUT2D eigenvalue weighted by Crippen LogP contribution is 2.14. The molecule has 0 heterocycles. The fraction of sp³-hybridized carbons (Fsp3) is 0.533. The number of rotatable bonds is 11. The molecular weight excluding hydrogens is 293 g/mol. The normalized spacial score (nSPS) is 10.6. The van der Waals surface area contributed by atoms with Crippen LogP contribution in [0.25, 0.3) is 0 Å². The first-order valence-corrected chi connectivity index (χ1v) is 8.12. The molecule has 0 atom stereocenters. The molecule has 0 radical (unpaired) electrons. The number of benzene rings is 1. The molecule has 0 aromatic heterocycles. The van der Waals surface area contributed by atoms with Crippen LogP contribution in [0.3, 0.4) is 0 Å². The van der Waals surface area contributed by atoms with Crippen molar-refractivity contribution in [3.63, 3.8) is 0 Å². The van der Waals surface area contributed by atoms with E-state index >= 15 is 0 Å². The predicted molar refractivity (Wildman–Crippen MR) is 82.9 cm³/mol. The lowest BCUT2D eigenvalue weighted by molar-refractivity contribution is -0.126. The fourth-order valence-electron chi connectivity index (χ4n) is 1.54. The Morgan fingerprint density at radius 2 is 2.05 bits per heavy atom. The standard InChI is InChI=1S/C15H22FNO3S/c1-2-19-8-9-20-11-15(18)17-7-10-21-12-13-5-3-4-6-14(13)16/h3-6H,2,7-12H2,1H3,(H,17,18). The highest BCUT2D eigenvalue weighted by atomic mass is 32.2. The van der Waals surface area contributed by atoms with E-state index in [1.165, 1.54) is 6.07 Å². The van der Waals surface area contributed by atoms with E-state index in [4.69, 9.17) is 9.47 Å². The third-order valence-electron chi connectivity index (χ3n) is 2.59. The number of nitrogens with one attached hydrogen (secondary N) is 1. The first-order chi connectivity index (χ1) is 10.2. The molecule has 6 heteroatoms. The second-order valence-corrected chi connectivity index (χ2v) is 5.35. The van der Waals surface area contributed by atoms with Gasteiger partial charge in [-0.05, 0) is 18.6 Å². The molecule has 0 aliphatic carbocycles. The minimum absolute atomic E-state index is 0.0467. The van der Waals surface area contributed by atoms with Gasteiger partial charge in [0.1, 0.15) is 12.4 Å². The molecule has 0 saturated heterocycles. The molecule has 1 N–H and O–H groups in total. The summed E-state index contributed by atoms with van der Waals surface area (Å²) in [5.41, 5.74) is 0.688. The minimum atomic E-state index is -0.184. The molecule has 0 saturated carbocycles. The monoisotopic (exact) mass is 315 g/mol. The lowest BCUT2D eigenvalue weighted by Crippen LogP contribution is -2.30. The van der Waals surface area contributed by atoms with E-state index in [2.05, 4.69) is 5.32 Å². The van der Waals surface area contributed by atoms with Crippen molar-refractivity contribution in [1.82, 2.24) is 5.32 Å². The molecule has 0 aliphatic heterocycles. The summed E-state index contributed by atoms with van der Waals surface area (Å²) in [5.74, 6) is 1.02. The van der Waals surface area contributed by atoms with Crippen molar-refractivity contribution in [2.45, 2.75) is 12.7 Å². The number of halogens is 1. The third-order valence-corrected chi connectivity index (χ3v) is 3.60. The molecule has 1 rings (SSSR count). The molecule has 1 amide bonds. The summed E-state index contributed by atoms with van der Waals surface area (Å²) in [6.07, 6.45) is 0. The zero-order valence-electron chi connectivity index (χ0n) is 12.3. The topological polar surface area (TPSA) is 47.6 Å². The van der Waals surface area contributed by atoms with Crippen LogP contribution in [0.5, 0.6) is 0 Å². The maximum atomic E-state index is 13.3. The van der Waals surface area contributed by atoms with E-state index in [0.717, 1.165) is 5.75 Å². The van der Waals surface area contributed by atoms with Gasteiger partial charge >= 0.3 is 0 Å². The lowest BCUT2D eigenvalue weighted by atomic mass is 10.2. The summed E-state index contributed by atoms with van der Waals surface area (Å²) in [5, 5.41) is 2.76. The quantitative estimate of drug-likeness (QED) is 0.636. The van der Waals surface area contributed by atoms with Gasteiger partial charge in [-0.25, -0.2) is 4.39 Å². The summed E-state index contributed by atoms with van der Waals surface area (Å²) in [7, 11) is 0. The number of hydrogen-bond donors (Lipinski definition) is 1. The second kappa shape index (κ2) is 11.5. The van der Waals surface area contributed by atoms with Crippen LogP contribution < -0.4 is 5.32 Å². The van der Waals surface area contributed by atoms with Crippen molar-refractivity contribution < 1.29 is 18.7 Å². The lowest BCUT2D eigenvalue weighted by Gasteiger charge is -2.07.